The average Bonchev–Trinajstić information content (AvgIpc) is 2.83. The van der Waals surface area contributed by atoms with Gasteiger partial charge in [0.25, 0.3) is 5.91 Å². The molecule has 1 N–H and O–H groups in total. The van der Waals surface area contributed by atoms with E-state index in [9.17, 15) is 9.59 Å². The first-order valence-corrected chi connectivity index (χ1v) is 9.91. The van der Waals surface area contributed by atoms with Crippen molar-refractivity contribution in [3.05, 3.63) is 83.4 Å². The quantitative estimate of drug-likeness (QED) is 0.523. The molecule has 1 amide bonds. The maximum Gasteiger partial charge on any atom is 0.343 e. The summed E-state index contributed by atoms with van der Waals surface area (Å²) in [4.78, 5) is 26.2. The molecule has 1 atom stereocenters. The van der Waals surface area contributed by atoms with Crippen LogP contribution in [0.5, 0.6) is 17.2 Å². The molecule has 0 heterocycles. The number of carbonyl (C=O) groups excluding carboxylic acids is 2. The molecule has 3 rings (SSSR count). The van der Waals surface area contributed by atoms with E-state index < -0.39 is 18.0 Å². The third kappa shape index (κ3) is 5.00. The highest BCUT2D eigenvalue weighted by Gasteiger charge is 2.29. The van der Waals surface area contributed by atoms with E-state index in [4.69, 9.17) is 18.9 Å². The van der Waals surface area contributed by atoms with E-state index in [-0.39, 0.29) is 17.1 Å². The van der Waals surface area contributed by atoms with Crippen molar-refractivity contribution < 1.29 is 28.5 Å². The average molecular weight is 435 g/mol. The van der Waals surface area contributed by atoms with Gasteiger partial charge in [-0.2, -0.15) is 0 Å². The monoisotopic (exact) mass is 435 g/mol. The second kappa shape index (κ2) is 10.3. The molecule has 0 saturated heterocycles. The van der Waals surface area contributed by atoms with Crippen LogP contribution in [0.3, 0.4) is 0 Å². The van der Waals surface area contributed by atoms with Crippen LogP contribution in [0.25, 0.3) is 0 Å². The maximum absolute atomic E-state index is 13.1. The molecule has 0 fully saturated rings. The lowest BCUT2D eigenvalue weighted by atomic mass is 10.1. The normalized spacial score (nSPS) is 11.2. The Morgan fingerprint density at radius 2 is 1.44 bits per heavy atom. The predicted octanol–water partition coefficient (Wildman–Crippen LogP) is 4.56. The fourth-order valence-corrected chi connectivity index (χ4v) is 3.18. The summed E-state index contributed by atoms with van der Waals surface area (Å²) in [5, 5.41) is 2.80. The van der Waals surface area contributed by atoms with Gasteiger partial charge in [0.05, 0.1) is 21.3 Å². The van der Waals surface area contributed by atoms with Crippen LogP contribution >= 0.6 is 0 Å². The molecule has 7 nitrogen and oxygen atoms in total. The Kier molecular flexibility index (Phi) is 7.33. The summed E-state index contributed by atoms with van der Waals surface area (Å²) in [5.41, 5.74) is 2.30. The van der Waals surface area contributed by atoms with Crippen LogP contribution in [0, 0.1) is 6.92 Å². The van der Waals surface area contributed by atoms with Gasteiger partial charge < -0.3 is 24.3 Å². The minimum Gasteiger partial charge on any atom is -0.493 e. The molecule has 7 heteroatoms. The highest BCUT2D eigenvalue weighted by atomic mass is 16.6. The summed E-state index contributed by atoms with van der Waals surface area (Å²) >= 11 is 0. The van der Waals surface area contributed by atoms with Gasteiger partial charge in [-0.25, -0.2) is 4.79 Å². The van der Waals surface area contributed by atoms with Crippen LogP contribution in [-0.2, 0) is 9.53 Å². The van der Waals surface area contributed by atoms with E-state index in [1.807, 2.05) is 25.1 Å². The zero-order valence-electron chi connectivity index (χ0n) is 18.4. The lowest BCUT2D eigenvalue weighted by molar-refractivity contribution is -0.125. The van der Waals surface area contributed by atoms with Crippen molar-refractivity contribution in [2.75, 3.05) is 26.6 Å². The van der Waals surface area contributed by atoms with Crippen LogP contribution in [0.15, 0.2) is 66.7 Å². The first kappa shape index (κ1) is 22.7. The van der Waals surface area contributed by atoms with E-state index in [1.165, 1.54) is 27.4 Å². The Balaban J connectivity index is 1.92. The molecule has 0 aliphatic rings. The first-order chi connectivity index (χ1) is 15.5. The molecule has 3 aromatic rings. The lowest BCUT2D eigenvalue weighted by Crippen LogP contribution is -2.26. The van der Waals surface area contributed by atoms with Crippen molar-refractivity contribution in [3.8, 4) is 17.2 Å². The molecule has 0 saturated carbocycles. The molecular formula is C25H25NO6. The fraction of sp³-hybridized carbons (Fsp3) is 0.200. The molecule has 0 bridgehead atoms. The van der Waals surface area contributed by atoms with Gasteiger partial charge >= 0.3 is 5.97 Å². The zero-order chi connectivity index (χ0) is 23.1. The van der Waals surface area contributed by atoms with Crippen LogP contribution in [0.2, 0.25) is 0 Å². The van der Waals surface area contributed by atoms with Gasteiger partial charge in [0.15, 0.2) is 11.5 Å². The molecule has 0 aliphatic heterocycles. The minimum atomic E-state index is -1.18. The minimum absolute atomic E-state index is 0.106. The predicted molar refractivity (Wildman–Crippen MR) is 121 cm³/mol. The third-order valence-electron chi connectivity index (χ3n) is 4.81. The molecule has 1 unspecified atom stereocenters. The van der Waals surface area contributed by atoms with Gasteiger partial charge in [-0.05, 0) is 31.2 Å². The topological polar surface area (TPSA) is 83.1 Å². The standard InChI is InChI=1S/C25H25NO6/c1-16-10-12-18(13-11-16)26-24(27)21(17-8-6-5-7-9-17)32-25(28)19-14-15-20(29-2)23(31-4)22(19)30-3/h5-15,21H,1-4H3,(H,26,27). The fourth-order valence-electron chi connectivity index (χ4n) is 3.18. The largest absolute Gasteiger partial charge is 0.493 e. The Morgan fingerprint density at radius 1 is 0.781 bits per heavy atom. The van der Waals surface area contributed by atoms with Gasteiger partial charge in [0.2, 0.25) is 11.9 Å². The summed E-state index contributed by atoms with van der Waals surface area (Å²) in [7, 11) is 4.33. The van der Waals surface area contributed by atoms with Crippen LogP contribution in [0.1, 0.15) is 27.6 Å². The van der Waals surface area contributed by atoms with E-state index in [0.717, 1.165) is 5.56 Å². The van der Waals surface area contributed by atoms with Gasteiger partial charge in [-0.15, -0.1) is 0 Å². The van der Waals surface area contributed by atoms with Gasteiger partial charge in [-0.1, -0.05) is 48.0 Å². The van der Waals surface area contributed by atoms with Crippen molar-refractivity contribution in [2.24, 2.45) is 0 Å². The van der Waals surface area contributed by atoms with Crippen molar-refractivity contribution in [1.82, 2.24) is 0 Å². The summed E-state index contributed by atoms with van der Waals surface area (Å²) < 4.78 is 21.6. The smallest absolute Gasteiger partial charge is 0.343 e. The number of nitrogens with one attached hydrogen (secondary N) is 1. The second-order valence-corrected chi connectivity index (χ2v) is 6.93. The lowest BCUT2D eigenvalue weighted by Gasteiger charge is -2.20. The van der Waals surface area contributed by atoms with E-state index >= 15 is 0 Å². The summed E-state index contributed by atoms with van der Waals surface area (Å²) in [6, 6.07) is 19.2. The highest BCUT2D eigenvalue weighted by Crippen LogP contribution is 2.40. The van der Waals surface area contributed by atoms with E-state index in [0.29, 0.717) is 17.0 Å². The molecule has 0 spiro atoms. The molecular weight excluding hydrogens is 410 g/mol. The van der Waals surface area contributed by atoms with Crippen LogP contribution < -0.4 is 19.5 Å². The van der Waals surface area contributed by atoms with Crippen molar-refractivity contribution in [3.63, 3.8) is 0 Å². The first-order valence-electron chi connectivity index (χ1n) is 9.91. The highest BCUT2D eigenvalue weighted by molar-refractivity contribution is 5.99. The molecule has 166 valence electrons. The van der Waals surface area contributed by atoms with E-state index in [1.54, 1.807) is 42.5 Å². The molecule has 0 radical (unpaired) electrons. The van der Waals surface area contributed by atoms with Crippen molar-refractivity contribution in [1.29, 1.82) is 0 Å². The van der Waals surface area contributed by atoms with Crippen LogP contribution in [-0.4, -0.2) is 33.2 Å². The number of ether oxygens (including phenoxy) is 4. The zero-order valence-corrected chi connectivity index (χ0v) is 18.4. The van der Waals surface area contributed by atoms with E-state index in [2.05, 4.69) is 5.32 Å². The molecule has 0 aromatic heterocycles. The van der Waals surface area contributed by atoms with Crippen LogP contribution in [0.4, 0.5) is 5.69 Å². The third-order valence-corrected chi connectivity index (χ3v) is 4.81. The molecule has 32 heavy (non-hydrogen) atoms. The number of amides is 1. The second-order valence-electron chi connectivity index (χ2n) is 6.93. The number of methoxy groups -OCH3 is 3. The Labute approximate surface area is 186 Å². The summed E-state index contributed by atoms with van der Waals surface area (Å²) in [5.74, 6) is -0.409. The summed E-state index contributed by atoms with van der Waals surface area (Å²) in [6.45, 7) is 1.96. The summed E-state index contributed by atoms with van der Waals surface area (Å²) in [6.07, 6.45) is -1.18. The number of hydrogen-bond acceptors (Lipinski definition) is 6. The molecule has 0 aliphatic carbocycles. The van der Waals surface area contributed by atoms with Gasteiger partial charge in [0.1, 0.15) is 5.56 Å². The van der Waals surface area contributed by atoms with Crippen molar-refractivity contribution in [2.45, 2.75) is 13.0 Å². The maximum atomic E-state index is 13.1. The Bertz CT molecular complexity index is 1080. The molecule has 3 aromatic carbocycles. The number of anilines is 1. The number of benzene rings is 3. The number of hydrogen-bond donors (Lipinski definition) is 1. The number of rotatable bonds is 8. The van der Waals surface area contributed by atoms with Gasteiger partial charge in [0, 0.05) is 11.3 Å². The Hall–Kier alpha value is -4.00. The Morgan fingerprint density at radius 3 is 2.03 bits per heavy atom. The number of aryl methyl sites for hydroxylation is 1. The van der Waals surface area contributed by atoms with Gasteiger partial charge in [-0.3, -0.25) is 4.79 Å². The number of carbonyl (C=O) groups is 2. The van der Waals surface area contributed by atoms with Crippen molar-refractivity contribution >= 4 is 17.6 Å². The SMILES string of the molecule is COc1ccc(C(=O)OC(C(=O)Nc2ccc(C)cc2)c2ccccc2)c(OC)c1OC. The number of esters is 1.